The number of carbonyl (C=O) groups excluding carboxylic acids is 2. The van der Waals surface area contributed by atoms with Crippen LogP contribution in [0.2, 0.25) is 0 Å². The van der Waals surface area contributed by atoms with Crippen molar-refractivity contribution >= 4 is 23.2 Å². The molecule has 0 aliphatic rings. The molecule has 2 amide bonds. The van der Waals surface area contributed by atoms with Gasteiger partial charge in [-0.05, 0) is 61.9 Å². The predicted molar refractivity (Wildman–Crippen MR) is 128 cm³/mol. The van der Waals surface area contributed by atoms with Crippen molar-refractivity contribution in [3.63, 3.8) is 0 Å². The topological polar surface area (TPSA) is 70.7 Å². The Labute approximate surface area is 189 Å². The molecule has 0 saturated carbocycles. The molecular formula is C26H29N3O3. The van der Waals surface area contributed by atoms with Gasteiger partial charge in [-0.2, -0.15) is 0 Å². The molecule has 3 aromatic rings. The lowest BCUT2D eigenvalue weighted by atomic mass is 10.1. The second-order valence-electron chi connectivity index (χ2n) is 7.82. The van der Waals surface area contributed by atoms with Gasteiger partial charge in [0.05, 0.1) is 12.6 Å². The van der Waals surface area contributed by atoms with Crippen LogP contribution in [0, 0.1) is 0 Å². The summed E-state index contributed by atoms with van der Waals surface area (Å²) in [7, 11) is 1.77. The summed E-state index contributed by atoms with van der Waals surface area (Å²) in [6.07, 6.45) is 0.111. The maximum Gasteiger partial charge on any atom is 0.253 e. The Morgan fingerprint density at radius 2 is 1.62 bits per heavy atom. The molecule has 0 heterocycles. The van der Waals surface area contributed by atoms with Gasteiger partial charge in [0.15, 0.2) is 0 Å². The minimum atomic E-state index is -0.199. The number of nitrogens with one attached hydrogen (secondary N) is 2. The van der Waals surface area contributed by atoms with E-state index < -0.39 is 0 Å². The van der Waals surface area contributed by atoms with Crippen molar-refractivity contribution in [2.75, 3.05) is 24.2 Å². The number of nitrogens with zero attached hydrogens (tertiary/aromatic N) is 1. The number of carbonyl (C=O) groups is 2. The minimum Gasteiger partial charge on any atom is -0.491 e. The fraction of sp³-hybridized carbons (Fsp3) is 0.231. The van der Waals surface area contributed by atoms with E-state index in [9.17, 15) is 9.59 Å². The highest BCUT2D eigenvalue weighted by atomic mass is 16.5. The molecule has 0 aliphatic carbocycles. The highest BCUT2D eigenvalue weighted by Gasteiger charge is 2.13. The monoisotopic (exact) mass is 431 g/mol. The van der Waals surface area contributed by atoms with Gasteiger partial charge < -0.3 is 20.3 Å². The first-order valence-electron chi connectivity index (χ1n) is 10.6. The third-order valence-electron chi connectivity index (χ3n) is 4.68. The van der Waals surface area contributed by atoms with E-state index in [2.05, 4.69) is 10.6 Å². The fourth-order valence-corrected chi connectivity index (χ4v) is 3.19. The molecule has 6 heteroatoms. The van der Waals surface area contributed by atoms with Crippen LogP contribution in [0.4, 0.5) is 11.4 Å². The molecule has 3 rings (SSSR count). The summed E-state index contributed by atoms with van der Waals surface area (Å²) in [6, 6.07) is 24.3. The first-order valence-corrected chi connectivity index (χ1v) is 10.6. The highest BCUT2D eigenvalue weighted by Crippen LogP contribution is 2.17. The lowest BCUT2D eigenvalue weighted by Crippen LogP contribution is -2.26. The first-order chi connectivity index (χ1) is 15.4. The van der Waals surface area contributed by atoms with Gasteiger partial charge in [-0.15, -0.1) is 0 Å². The summed E-state index contributed by atoms with van der Waals surface area (Å²) in [5, 5.41) is 5.92. The lowest BCUT2D eigenvalue weighted by molar-refractivity contribution is -0.114. The van der Waals surface area contributed by atoms with Gasteiger partial charge in [-0.1, -0.05) is 36.4 Å². The average molecular weight is 432 g/mol. The number of anilines is 2. The number of benzene rings is 3. The second kappa shape index (κ2) is 11.0. The van der Waals surface area contributed by atoms with Crippen molar-refractivity contribution in [3.8, 4) is 5.75 Å². The van der Waals surface area contributed by atoms with Crippen LogP contribution in [0.1, 0.15) is 29.8 Å². The SMILES string of the molecule is CC(C)Oc1ccc(NCC(=O)Nc2cccc(C(=O)N(C)Cc3ccccc3)c2)cc1. The van der Waals surface area contributed by atoms with E-state index in [1.54, 1.807) is 36.2 Å². The highest BCUT2D eigenvalue weighted by molar-refractivity contribution is 5.98. The Morgan fingerprint density at radius 3 is 2.31 bits per heavy atom. The molecule has 0 aliphatic heterocycles. The van der Waals surface area contributed by atoms with Gasteiger partial charge in [0, 0.05) is 30.5 Å². The molecule has 0 unspecified atom stereocenters. The summed E-state index contributed by atoms with van der Waals surface area (Å²) in [6.45, 7) is 4.57. The van der Waals surface area contributed by atoms with Crippen molar-refractivity contribution in [2.45, 2.75) is 26.5 Å². The zero-order chi connectivity index (χ0) is 22.9. The van der Waals surface area contributed by atoms with E-state index in [0.29, 0.717) is 17.8 Å². The summed E-state index contributed by atoms with van der Waals surface area (Å²) in [4.78, 5) is 26.8. The quantitative estimate of drug-likeness (QED) is 0.511. The van der Waals surface area contributed by atoms with Crippen molar-refractivity contribution in [2.24, 2.45) is 0 Å². The Morgan fingerprint density at radius 1 is 0.906 bits per heavy atom. The largest absolute Gasteiger partial charge is 0.491 e. The van der Waals surface area contributed by atoms with Crippen molar-refractivity contribution in [3.05, 3.63) is 90.0 Å². The number of ether oxygens (including phenoxy) is 1. The molecule has 32 heavy (non-hydrogen) atoms. The molecule has 0 saturated heterocycles. The molecule has 0 atom stereocenters. The predicted octanol–water partition coefficient (Wildman–Crippen LogP) is 4.80. The van der Waals surface area contributed by atoms with Gasteiger partial charge in [-0.3, -0.25) is 9.59 Å². The standard InChI is InChI=1S/C26H29N3O3/c1-19(2)32-24-14-12-22(13-15-24)27-17-25(30)28-23-11-7-10-21(16-23)26(31)29(3)18-20-8-5-4-6-9-20/h4-16,19,27H,17-18H2,1-3H3,(H,28,30). The first kappa shape index (κ1) is 22.9. The van der Waals surface area contributed by atoms with Crippen molar-refractivity contribution in [1.82, 2.24) is 4.90 Å². The van der Waals surface area contributed by atoms with E-state index in [-0.39, 0.29) is 24.5 Å². The summed E-state index contributed by atoms with van der Waals surface area (Å²) in [5.41, 5.74) is 2.98. The Balaban J connectivity index is 1.53. The third-order valence-corrected chi connectivity index (χ3v) is 4.68. The average Bonchev–Trinajstić information content (AvgIpc) is 2.78. The maximum atomic E-state index is 12.8. The Hall–Kier alpha value is -3.80. The van der Waals surface area contributed by atoms with E-state index >= 15 is 0 Å². The smallest absolute Gasteiger partial charge is 0.253 e. The maximum absolute atomic E-state index is 12.8. The molecule has 166 valence electrons. The molecule has 0 spiro atoms. The summed E-state index contributed by atoms with van der Waals surface area (Å²) >= 11 is 0. The molecule has 2 N–H and O–H groups in total. The second-order valence-corrected chi connectivity index (χ2v) is 7.82. The van der Waals surface area contributed by atoms with Gasteiger partial charge >= 0.3 is 0 Å². The van der Waals surface area contributed by atoms with E-state index in [4.69, 9.17) is 4.74 Å². The van der Waals surface area contributed by atoms with Gasteiger partial charge in [0.2, 0.25) is 5.91 Å². The molecule has 0 radical (unpaired) electrons. The summed E-state index contributed by atoms with van der Waals surface area (Å²) in [5.74, 6) is 0.482. The Bertz CT molecular complexity index is 1030. The number of hydrogen-bond acceptors (Lipinski definition) is 4. The van der Waals surface area contributed by atoms with Gasteiger partial charge in [0.1, 0.15) is 5.75 Å². The van der Waals surface area contributed by atoms with Crippen LogP contribution < -0.4 is 15.4 Å². The van der Waals surface area contributed by atoms with Crippen LogP contribution in [-0.2, 0) is 11.3 Å². The van der Waals surface area contributed by atoms with E-state index in [0.717, 1.165) is 17.0 Å². The normalized spacial score (nSPS) is 10.5. The van der Waals surface area contributed by atoms with Crippen LogP contribution in [-0.4, -0.2) is 36.4 Å². The zero-order valence-corrected chi connectivity index (χ0v) is 18.7. The van der Waals surface area contributed by atoms with E-state index in [1.165, 1.54) is 0 Å². The number of rotatable bonds is 9. The molecule has 3 aromatic carbocycles. The third kappa shape index (κ3) is 6.87. The van der Waals surface area contributed by atoms with Crippen LogP contribution in [0.3, 0.4) is 0 Å². The molecule has 0 aromatic heterocycles. The molecule has 0 fully saturated rings. The minimum absolute atomic E-state index is 0.105. The van der Waals surface area contributed by atoms with Crippen molar-refractivity contribution < 1.29 is 14.3 Å². The van der Waals surface area contributed by atoms with Gasteiger partial charge in [-0.25, -0.2) is 0 Å². The Kier molecular flexibility index (Phi) is 7.86. The summed E-state index contributed by atoms with van der Waals surface area (Å²) < 4.78 is 5.62. The van der Waals surface area contributed by atoms with E-state index in [1.807, 2.05) is 68.4 Å². The van der Waals surface area contributed by atoms with Crippen LogP contribution in [0.25, 0.3) is 0 Å². The lowest BCUT2D eigenvalue weighted by Gasteiger charge is -2.18. The van der Waals surface area contributed by atoms with Crippen LogP contribution in [0.15, 0.2) is 78.9 Å². The van der Waals surface area contributed by atoms with Crippen molar-refractivity contribution in [1.29, 1.82) is 0 Å². The fourth-order valence-electron chi connectivity index (χ4n) is 3.19. The molecule has 6 nitrogen and oxygen atoms in total. The number of amides is 2. The zero-order valence-electron chi connectivity index (χ0n) is 18.7. The molecule has 0 bridgehead atoms. The molecular weight excluding hydrogens is 402 g/mol. The van der Waals surface area contributed by atoms with Crippen LogP contribution >= 0.6 is 0 Å². The van der Waals surface area contributed by atoms with Gasteiger partial charge in [0.25, 0.3) is 5.91 Å². The number of hydrogen-bond donors (Lipinski definition) is 2. The van der Waals surface area contributed by atoms with Crippen LogP contribution in [0.5, 0.6) is 5.75 Å².